The summed E-state index contributed by atoms with van der Waals surface area (Å²) in [7, 11) is 0. The fourth-order valence-electron chi connectivity index (χ4n) is 2.76. The van der Waals surface area contributed by atoms with Crippen molar-refractivity contribution in [3.63, 3.8) is 0 Å². The molecule has 110 valence electrons. The maximum absolute atomic E-state index is 6.27. The summed E-state index contributed by atoms with van der Waals surface area (Å²) in [6, 6.07) is 20.3. The van der Waals surface area contributed by atoms with E-state index >= 15 is 0 Å². The molecule has 0 bridgehead atoms. The predicted octanol–water partition coefficient (Wildman–Crippen LogP) is 5.62. The van der Waals surface area contributed by atoms with E-state index in [9.17, 15) is 0 Å². The van der Waals surface area contributed by atoms with Crippen molar-refractivity contribution in [2.75, 3.05) is 0 Å². The van der Waals surface area contributed by atoms with Crippen molar-refractivity contribution < 1.29 is 0 Å². The molecule has 2 heterocycles. The Morgan fingerprint density at radius 3 is 2.30 bits per heavy atom. The van der Waals surface area contributed by atoms with Crippen LogP contribution in [0.5, 0.6) is 0 Å². The summed E-state index contributed by atoms with van der Waals surface area (Å²) in [6.07, 6.45) is 5.41. The number of hydrogen-bond donors (Lipinski definition) is 0. The zero-order valence-electron chi connectivity index (χ0n) is 12.3. The molecule has 0 N–H and O–H groups in total. The van der Waals surface area contributed by atoms with E-state index in [4.69, 9.17) is 11.6 Å². The van der Waals surface area contributed by atoms with Crippen LogP contribution in [0.3, 0.4) is 0 Å². The van der Waals surface area contributed by atoms with Crippen LogP contribution in [0.15, 0.2) is 79.3 Å². The van der Waals surface area contributed by atoms with Gasteiger partial charge in [0.15, 0.2) is 0 Å². The number of fused-ring (bicyclic) bond motifs is 1. The van der Waals surface area contributed by atoms with Crippen LogP contribution < -0.4 is 0 Å². The maximum atomic E-state index is 6.27. The van der Waals surface area contributed by atoms with Crippen LogP contribution in [0.2, 0.25) is 5.02 Å². The molecule has 2 aromatic carbocycles. The number of nitrogens with zero attached hydrogens (tertiary/aromatic N) is 2. The van der Waals surface area contributed by atoms with Gasteiger partial charge in [0, 0.05) is 34.6 Å². The molecule has 4 rings (SSSR count). The Morgan fingerprint density at radius 1 is 0.696 bits per heavy atom. The molecule has 2 aromatic heterocycles. The van der Waals surface area contributed by atoms with E-state index in [1.54, 1.807) is 6.20 Å². The molecule has 0 saturated heterocycles. The molecule has 3 heteroatoms. The Hall–Kier alpha value is -2.71. The average molecular weight is 317 g/mol. The van der Waals surface area contributed by atoms with Crippen molar-refractivity contribution >= 4 is 22.4 Å². The van der Waals surface area contributed by atoms with Gasteiger partial charge in [0.2, 0.25) is 0 Å². The van der Waals surface area contributed by atoms with Crippen LogP contribution in [0, 0.1) is 0 Å². The minimum absolute atomic E-state index is 0.724. The Labute approximate surface area is 139 Å². The van der Waals surface area contributed by atoms with E-state index in [-0.39, 0.29) is 0 Å². The van der Waals surface area contributed by atoms with Gasteiger partial charge in [0.05, 0.1) is 5.69 Å². The van der Waals surface area contributed by atoms with Crippen LogP contribution in [0.1, 0.15) is 0 Å². The fraction of sp³-hybridized carbons (Fsp3) is 0. The van der Waals surface area contributed by atoms with Crippen molar-refractivity contribution in [1.29, 1.82) is 0 Å². The van der Waals surface area contributed by atoms with E-state index in [0.29, 0.717) is 0 Å². The largest absolute Gasteiger partial charge is 0.264 e. The molecule has 0 atom stereocenters. The number of benzene rings is 2. The van der Waals surface area contributed by atoms with E-state index in [0.717, 1.165) is 38.2 Å². The molecule has 23 heavy (non-hydrogen) atoms. The molecule has 0 spiro atoms. The average Bonchev–Trinajstić information content (AvgIpc) is 2.63. The van der Waals surface area contributed by atoms with Crippen molar-refractivity contribution in [1.82, 2.24) is 9.97 Å². The number of pyridine rings is 2. The summed E-state index contributed by atoms with van der Waals surface area (Å²) in [5, 5.41) is 2.81. The van der Waals surface area contributed by atoms with Gasteiger partial charge in [-0.3, -0.25) is 9.97 Å². The quantitative estimate of drug-likeness (QED) is 0.480. The summed E-state index contributed by atoms with van der Waals surface area (Å²) in [4.78, 5) is 8.56. The third-order valence-electron chi connectivity index (χ3n) is 3.92. The molecule has 0 aliphatic carbocycles. The smallest absolute Gasteiger partial charge is 0.0701 e. The molecule has 0 aliphatic rings. The summed E-state index contributed by atoms with van der Waals surface area (Å²) in [6.45, 7) is 0. The molecule has 0 aliphatic heterocycles. The van der Waals surface area contributed by atoms with Crippen molar-refractivity contribution in [2.24, 2.45) is 0 Å². The first-order valence-corrected chi connectivity index (χ1v) is 7.75. The highest BCUT2D eigenvalue weighted by atomic mass is 35.5. The molecule has 4 aromatic rings. The minimum atomic E-state index is 0.724. The molecular weight excluding hydrogens is 304 g/mol. The SMILES string of the molecule is Clc1ccc(-c2ccc(-c3ccccn3)cc2)c2ccncc12. The lowest BCUT2D eigenvalue weighted by Crippen LogP contribution is -1.85. The number of aromatic nitrogens is 2. The Morgan fingerprint density at radius 2 is 1.52 bits per heavy atom. The lowest BCUT2D eigenvalue weighted by molar-refractivity contribution is 1.33. The van der Waals surface area contributed by atoms with Gasteiger partial charge in [-0.1, -0.05) is 48.0 Å². The third-order valence-corrected chi connectivity index (χ3v) is 4.25. The second kappa shape index (κ2) is 5.82. The minimum Gasteiger partial charge on any atom is -0.264 e. The summed E-state index contributed by atoms with van der Waals surface area (Å²) in [5.41, 5.74) is 4.38. The monoisotopic (exact) mass is 316 g/mol. The summed E-state index contributed by atoms with van der Waals surface area (Å²) < 4.78 is 0. The van der Waals surface area contributed by atoms with Gasteiger partial charge >= 0.3 is 0 Å². The van der Waals surface area contributed by atoms with E-state index in [1.807, 2.05) is 42.7 Å². The summed E-state index contributed by atoms with van der Waals surface area (Å²) >= 11 is 6.27. The van der Waals surface area contributed by atoms with Crippen molar-refractivity contribution in [3.8, 4) is 22.4 Å². The summed E-state index contributed by atoms with van der Waals surface area (Å²) in [5.74, 6) is 0. The van der Waals surface area contributed by atoms with Crippen LogP contribution >= 0.6 is 11.6 Å². The zero-order chi connectivity index (χ0) is 15.6. The van der Waals surface area contributed by atoms with Crippen LogP contribution in [-0.4, -0.2) is 9.97 Å². The van der Waals surface area contributed by atoms with E-state index in [2.05, 4.69) is 40.3 Å². The molecule has 2 nitrogen and oxygen atoms in total. The lowest BCUT2D eigenvalue weighted by Gasteiger charge is -2.09. The van der Waals surface area contributed by atoms with Crippen molar-refractivity contribution in [3.05, 3.63) is 84.3 Å². The predicted molar refractivity (Wildman–Crippen MR) is 95.4 cm³/mol. The Kier molecular flexibility index (Phi) is 3.52. The van der Waals surface area contributed by atoms with Gasteiger partial charge in [-0.2, -0.15) is 0 Å². The Bertz CT molecular complexity index is 964. The van der Waals surface area contributed by atoms with Gasteiger partial charge in [0.25, 0.3) is 0 Å². The first-order chi connectivity index (χ1) is 11.3. The topological polar surface area (TPSA) is 25.8 Å². The fourth-order valence-corrected chi connectivity index (χ4v) is 2.98. The van der Waals surface area contributed by atoms with Crippen LogP contribution in [0.4, 0.5) is 0 Å². The van der Waals surface area contributed by atoms with Gasteiger partial charge in [-0.15, -0.1) is 0 Å². The molecule has 0 amide bonds. The van der Waals surface area contributed by atoms with Gasteiger partial charge in [0.1, 0.15) is 0 Å². The number of halogens is 1. The molecule has 0 unspecified atom stereocenters. The van der Waals surface area contributed by atoms with E-state index in [1.165, 1.54) is 0 Å². The van der Waals surface area contributed by atoms with Gasteiger partial charge in [-0.25, -0.2) is 0 Å². The highest BCUT2D eigenvalue weighted by molar-refractivity contribution is 6.36. The molecule has 0 saturated carbocycles. The number of hydrogen-bond acceptors (Lipinski definition) is 2. The lowest BCUT2D eigenvalue weighted by atomic mass is 9.98. The number of rotatable bonds is 2. The van der Waals surface area contributed by atoms with Crippen molar-refractivity contribution in [2.45, 2.75) is 0 Å². The van der Waals surface area contributed by atoms with Crippen LogP contribution in [-0.2, 0) is 0 Å². The molecule has 0 fully saturated rings. The standard InChI is InChI=1S/C20H13ClN2/c21-19-9-8-16(17-10-12-22-13-18(17)19)14-4-6-15(7-5-14)20-3-1-2-11-23-20/h1-13H. The maximum Gasteiger partial charge on any atom is 0.0701 e. The normalized spacial score (nSPS) is 10.8. The Balaban J connectivity index is 1.82. The van der Waals surface area contributed by atoms with Crippen LogP contribution in [0.25, 0.3) is 33.2 Å². The second-order valence-corrected chi connectivity index (χ2v) is 5.72. The molecular formula is C20H13ClN2. The zero-order valence-corrected chi connectivity index (χ0v) is 13.0. The highest BCUT2D eigenvalue weighted by Crippen LogP contribution is 2.33. The third kappa shape index (κ3) is 2.58. The van der Waals surface area contributed by atoms with Gasteiger partial charge in [-0.05, 0) is 40.8 Å². The highest BCUT2D eigenvalue weighted by Gasteiger charge is 2.07. The first-order valence-electron chi connectivity index (χ1n) is 7.37. The second-order valence-electron chi connectivity index (χ2n) is 5.31. The van der Waals surface area contributed by atoms with Gasteiger partial charge < -0.3 is 0 Å². The molecule has 0 radical (unpaired) electrons. The van der Waals surface area contributed by atoms with E-state index < -0.39 is 0 Å². The first kappa shape index (κ1) is 13.9.